The lowest BCUT2D eigenvalue weighted by Crippen LogP contribution is -2.33. The van der Waals surface area contributed by atoms with Gasteiger partial charge in [0.2, 0.25) is 12.2 Å². The van der Waals surface area contributed by atoms with Crippen molar-refractivity contribution in [1.29, 1.82) is 0 Å². The van der Waals surface area contributed by atoms with Gasteiger partial charge in [-0.2, -0.15) is 17.6 Å². The second-order valence-corrected chi connectivity index (χ2v) is 8.57. The second kappa shape index (κ2) is 11.5. The lowest BCUT2D eigenvalue weighted by atomic mass is 9.86. The maximum absolute atomic E-state index is 14.6. The summed E-state index contributed by atoms with van der Waals surface area (Å²) in [5, 5.41) is 2.37. The minimum atomic E-state index is -4.44. The van der Waals surface area contributed by atoms with E-state index >= 15 is 0 Å². The molecular formula is C24H27F4N3O5. The summed E-state index contributed by atoms with van der Waals surface area (Å²) in [4.78, 5) is 24.3. The average molecular weight is 513 g/mol. The SMILES string of the molecule is COc1c(C2COC(C(F)(F)F)C2C)ccc(OCC2CC2)c1F.NC(=O)c1cc(NC=O)ccn1. The molecule has 2 heterocycles. The van der Waals surface area contributed by atoms with Crippen molar-refractivity contribution in [1.82, 2.24) is 4.98 Å². The molecule has 1 aromatic carbocycles. The van der Waals surface area contributed by atoms with Crippen LogP contribution < -0.4 is 20.5 Å². The normalized spacial score (nSPS) is 21.2. The summed E-state index contributed by atoms with van der Waals surface area (Å²) in [5.74, 6) is -2.23. The number of alkyl halides is 3. The Morgan fingerprint density at radius 2 is 2.03 bits per heavy atom. The average Bonchev–Trinajstić information content (AvgIpc) is 3.57. The van der Waals surface area contributed by atoms with E-state index in [1.54, 1.807) is 12.1 Å². The van der Waals surface area contributed by atoms with Crippen molar-refractivity contribution < 1.29 is 41.4 Å². The van der Waals surface area contributed by atoms with Crippen LogP contribution in [0.5, 0.6) is 11.5 Å². The van der Waals surface area contributed by atoms with Crippen LogP contribution in [0, 0.1) is 17.7 Å². The number of pyridine rings is 1. The maximum atomic E-state index is 14.6. The summed E-state index contributed by atoms with van der Waals surface area (Å²) in [7, 11) is 1.30. The van der Waals surface area contributed by atoms with Crippen LogP contribution in [-0.2, 0) is 9.53 Å². The van der Waals surface area contributed by atoms with Crippen molar-refractivity contribution in [3.8, 4) is 11.5 Å². The standard InChI is InChI=1S/C17H20F4O3.C7H7N3O2/c1-9-12(8-24-16(9)17(19,20)21)11-5-6-13(14(18)15(11)22-2)23-7-10-3-4-10;8-7(12)6-3-5(10-4-11)1-2-9-6/h5-6,9-10,12,16H,3-4,7-8H2,1-2H3;1-4H,(H2,8,12)(H,9,10,11). The van der Waals surface area contributed by atoms with Crippen LogP contribution in [0.4, 0.5) is 23.2 Å². The molecule has 1 aromatic heterocycles. The second-order valence-electron chi connectivity index (χ2n) is 8.57. The molecule has 4 rings (SSSR count). The lowest BCUT2D eigenvalue weighted by Gasteiger charge is -2.22. The number of carbonyl (C=O) groups is 2. The van der Waals surface area contributed by atoms with E-state index in [9.17, 15) is 27.2 Å². The molecule has 2 amide bonds. The summed E-state index contributed by atoms with van der Waals surface area (Å²) >= 11 is 0. The molecule has 2 fully saturated rings. The number of methoxy groups -OCH3 is 1. The van der Waals surface area contributed by atoms with Gasteiger partial charge in [-0.05, 0) is 37.0 Å². The molecule has 0 spiro atoms. The van der Waals surface area contributed by atoms with Gasteiger partial charge in [-0.1, -0.05) is 13.0 Å². The predicted octanol–water partition coefficient (Wildman–Crippen LogP) is 4.05. The number of anilines is 1. The van der Waals surface area contributed by atoms with E-state index in [2.05, 4.69) is 10.3 Å². The van der Waals surface area contributed by atoms with E-state index in [0.717, 1.165) is 12.8 Å². The first kappa shape index (κ1) is 27.2. The summed E-state index contributed by atoms with van der Waals surface area (Å²) in [6.07, 6.45) is -2.22. The Hall–Kier alpha value is -3.41. The van der Waals surface area contributed by atoms with E-state index in [1.165, 1.54) is 32.4 Å². The van der Waals surface area contributed by atoms with Gasteiger partial charge >= 0.3 is 6.18 Å². The largest absolute Gasteiger partial charge is 0.493 e. The third-order valence-corrected chi connectivity index (χ3v) is 6.00. The van der Waals surface area contributed by atoms with Gasteiger partial charge in [-0.3, -0.25) is 14.6 Å². The van der Waals surface area contributed by atoms with Gasteiger partial charge in [0.1, 0.15) is 5.69 Å². The zero-order valence-electron chi connectivity index (χ0n) is 19.7. The number of carbonyl (C=O) groups excluding carboxylic acids is 2. The molecule has 3 unspecified atom stereocenters. The summed E-state index contributed by atoms with van der Waals surface area (Å²) in [5.41, 5.74) is 5.96. The van der Waals surface area contributed by atoms with Gasteiger partial charge in [-0.15, -0.1) is 0 Å². The van der Waals surface area contributed by atoms with Gasteiger partial charge in [0.15, 0.2) is 17.6 Å². The first-order valence-electron chi connectivity index (χ1n) is 11.2. The highest BCUT2D eigenvalue weighted by Crippen LogP contribution is 2.46. The minimum Gasteiger partial charge on any atom is -0.493 e. The van der Waals surface area contributed by atoms with Crippen LogP contribution >= 0.6 is 0 Å². The van der Waals surface area contributed by atoms with Gasteiger partial charge in [0, 0.05) is 29.3 Å². The first-order valence-corrected chi connectivity index (χ1v) is 11.2. The Kier molecular flexibility index (Phi) is 8.72. The molecule has 1 aliphatic heterocycles. The Balaban J connectivity index is 0.000000253. The number of hydrogen-bond acceptors (Lipinski definition) is 6. The van der Waals surface area contributed by atoms with Crippen molar-refractivity contribution in [2.75, 3.05) is 25.6 Å². The molecule has 0 bridgehead atoms. The Labute approximate surface area is 205 Å². The maximum Gasteiger partial charge on any atom is 0.414 e. The van der Waals surface area contributed by atoms with Crippen LogP contribution in [0.15, 0.2) is 30.5 Å². The monoisotopic (exact) mass is 513 g/mol. The zero-order valence-corrected chi connectivity index (χ0v) is 19.7. The van der Waals surface area contributed by atoms with Gasteiger partial charge in [-0.25, -0.2) is 0 Å². The molecule has 196 valence electrons. The number of amides is 2. The molecule has 36 heavy (non-hydrogen) atoms. The number of rotatable bonds is 8. The minimum absolute atomic E-state index is 0.0634. The molecule has 3 atom stereocenters. The molecule has 1 aliphatic carbocycles. The Morgan fingerprint density at radius 3 is 2.58 bits per heavy atom. The fraction of sp³-hybridized carbons (Fsp3) is 0.458. The number of halogens is 4. The van der Waals surface area contributed by atoms with Crippen molar-refractivity contribution in [3.63, 3.8) is 0 Å². The number of hydrogen-bond donors (Lipinski definition) is 2. The highest BCUT2D eigenvalue weighted by Gasteiger charge is 2.51. The number of nitrogens with zero attached hydrogens (tertiary/aromatic N) is 1. The number of benzene rings is 1. The molecular weight excluding hydrogens is 486 g/mol. The summed E-state index contributed by atoms with van der Waals surface area (Å²) < 4.78 is 69.0. The number of nitrogens with two attached hydrogens (primary N) is 1. The highest BCUT2D eigenvalue weighted by molar-refractivity contribution is 5.92. The van der Waals surface area contributed by atoms with Crippen LogP contribution in [0.3, 0.4) is 0 Å². The third kappa shape index (κ3) is 6.62. The molecule has 3 N–H and O–H groups in total. The van der Waals surface area contributed by atoms with Crippen molar-refractivity contribution in [3.05, 3.63) is 47.5 Å². The highest BCUT2D eigenvalue weighted by atomic mass is 19.4. The molecule has 12 heteroatoms. The fourth-order valence-corrected chi connectivity index (χ4v) is 3.87. The number of aromatic nitrogens is 1. The molecule has 2 aromatic rings. The number of primary amides is 1. The van der Waals surface area contributed by atoms with Crippen LogP contribution in [-0.4, -0.2) is 49.9 Å². The van der Waals surface area contributed by atoms with E-state index in [4.69, 9.17) is 19.9 Å². The summed E-state index contributed by atoms with van der Waals surface area (Å²) in [6, 6.07) is 5.99. The quantitative estimate of drug-likeness (QED) is 0.407. The van der Waals surface area contributed by atoms with Crippen LogP contribution in [0.25, 0.3) is 0 Å². The van der Waals surface area contributed by atoms with E-state index in [0.29, 0.717) is 30.2 Å². The van der Waals surface area contributed by atoms with Crippen molar-refractivity contribution in [2.45, 2.75) is 38.0 Å². The number of ether oxygens (including phenoxy) is 3. The fourth-order valence-electron chi connectivity index (χ4n) is 3.87. The Morgan fingerprint density at radius 1 is 1.31 bits per heavy atom. The molecule has 2 aliphatic rings. The zero-order chi connectivity index (χ0) is 26.5. The molecule has 0 radical (unpaired) electrons. The van der Waals surface area contributed by atoms with Gasteiger partial charge in [0.05, 0.1) is 20.3 Å². The third-order valence-electron chi connectivity index (χ3n) is 6.00. The Bertz CT molecular complexity index is 1080. The van der Waals surface area contributed by atoms with Crippen molar-refractivity contribution in [2.24, 2.45) is 17.6 Å². The molecule has 1 saturated carbocycles. The smallest absolute Gasteiger partial charge is 0.414 e. The van der Waals surface area contributed by atoms with Crippen LogP contribution in [0.1, 0.15) is 41.7 Å². The summed E-state index contributed by atoms with van der Waals surface area (Å²) in [6.45, 7) is 1.78. The molecule has 1 saturated heterocycles. The van der Waals surface area contributed by atoms with E-state index in [-0.39, 0.29) is 23.8 Å². The number of nitrogens with one attached hydrogen (secondary N) is 1. The topological polar surface area (TPSA) is 113 Å². The van der Waals surface area contributed by atoms with Gasteiger partial charge in [0.25, 0.3) is 5.91 Å². The van der Waals surface area contributed by atoms with Gasteiger partial charge < -0.3 is 25.3 Å². The van der Waals surface area contributed by atoms with Crippen LogP contribution in [0.2, 0.25) is 0 Å². The van der Waals surface area contributed by atoms with Crippen molar-refractivity contribution >= 4 is 18.0 Å². The molecule has 8 nitrogen and oxygen atoms in total. The van der Waals surface area contributed by atoms with E-state index in [1.807, 2.05) is 0 Å². The van der Waals surface area contributed by atoms with E-state index < -0.39 is 35.8 Å². The first-order chi connectivity index (χ1) is 17.1. The lowest BCUT2D eigenvalue weighted by molar-refractivity contribution is -0.215. The predicted molar refractivity (Wildman–Crippen MR) is 121 cm³/mol.